The fourth-order valence-electron chi connectivity index (χ4n) is 2.73. The topological polar surface area (TPSA) is 70.7 Å². The highest BCUT2D eigenvalue weighted by Crippen LogP contribution is 2.25. The number of rotatable bonds is 4. The molecule has 1 amide bonds. The fraction of sp³-hybridized carbons (Fsp3) is 0.105. The van der Waals surface area contributed by atoms with Crippen LogP contribution in [0.4, 0.5) is 5.69 Å². The molecule has 0 saturated carbocycles. The van der Waals surface area contributed by atoms with Gasteiger partial charge in [-0.3, -0.25) is 9.89 Å². The molecule has 2 aromatic heterocycles. The zero-order chi connectivity index (χ0) is 17.2. The number of aromatic amines is 1. The zero-order valence-electron chi connectivity index (χ0n) is 13.6. The Balaban J connectivity index is 1.49. The lowest BCUT2D eigenvalue weighted by Crippen LogP contribution is -2.14. The van der Waals surface area contributed by atoms with Gasteiger partial charge in [-0.05, 0) is 19.1 Å². The maximum Gasteiger partial charge on any atom is 0.230 e. The number of carbonyl (C=O) groups excluding carboxylic acids is 1. The van der Waals surface area contributed by atoms with Gasteiger partial charge in [-0.15, -0.1) is 11.3 Å². The molecule has 5 nitrogen and oxygen atoms in total. The van der Waals surface area contributed by atoms with E-state index in [1.165, 1.54) is 5.56 Å². The minimum absolute atomic E-state index is 0.0943. The number of hydrogen-bond donors (Lipinski definition) is 2. The number of nitrogens with one attached hydrogen (secondary N) is 2. The van der Waals surface area contributed by atoms with Crippen molar-refractivity contribution in [3.05, 3.63) is 65.3 Å². The van der Waals surface area contributed by atoms with Crippen LogP contribution in [0.3, 0.4) is 0 Å². The molecule has 4 rings (SSSR count). The van der Waals surface area contributed by atoms with E-state index in [0.29, 0.717) is 0 Å². The third-order valence-corrected chi connectivity index (χ3v) is 4.85. The maximum atomic E-state index is 12.4. The molecule has 0 unspecified atom stereocenters. The third-order valence-electron chi connectivity index (χ3n) is 3.91. The number of para-hydroxylation sites is 1. The standard InChI is InChI=1S/C19H16N4OS/c1-12-4-2-5-13(8-12)19-21-15(11-25-19)9-17(24)22-16-7-3-6-14-10-20-23-18(14)16/h2-8,10-11H,9H2,1H3,(H,20,23)(H,22,24). The van der Waals surface area contributed by atoms with E-state index in [1.54, 1.807) is 17.5 Å². The molecule has 0 fully saturated rings. The van der Waals surface area contributed by atoms with Gasteiger partial charge in [0.05, 0.1) is 29.5 Å². The number of H-pyrrole nitrogens is 1. The fourth-order valence-corrected chi connectivity index (χ4v) is 3.55. The van der Waals surface area contributed by atoms with Crippen molar-refractivity contribution in [2.24, 2.45) is 0 Å². The number of benzene rings is 2. The van der Waals surface area contributed by atoms with Crippen molar-refractivity contribution < 1.29 is 4.79 Å². The Hall–Kier alpha value is -2.99. The summed E-state index contributed by atoms with van der Waals surface area (Å²) >= 11 is 1.56. The summed E-state index contributed by atoms with van der Waals surface area (Å²) < 4.78 is 0. The number of fused-ring (bicyclic) bond motifs is 1. The van der Waals surface area contributed by atoms with Crippen LogP contribution in [0.25, 0.3) is 21.5 Å². The van der Waals surface area contributed by atoms with Gasteiger partial charge < -0.3 is 5.32 Å². The van der Waals surface area contributed by atoms with E-state index >= 15 is 0 Å². The summed E-state index contributed by atoms with van der Waals surface area (Å²) in [6, 6.07) is 13.9. The van der Waals surface area contributed by atoms with Crippen molar-refractivity contribution in [3.8, 4) is 10.6 Å². The smallest absolute Gasteiger partial charge is 0.230 e. The Morgan fingerprint density at radius 2 is 2.12 bits per heavy atom. The molecule has 0 aliphatic rings. The molecule has 0 radical (unpaired) electrons. The van der Waals surface area contributed by atoms with Gasteiger partial charge in [0.15, 0.2) is 0 Å². The number of hydrogen-bond acceptors (Lipinski definition) is 4. The average Bonchev–Trinajstić information content (AvgIpc) is 3.24. The van der Waals surface area contributed by atoms with E-state index in [1.807, 2.05) is 35.7 Å². The van der Waals surface area contributed by atoms with Gasteiger partial charge in [0.1, 0.15) is 5.01 Å². The van der Waals surface area contributed by atoms with E-state index in [9.17, 15) is 4.79 Å². The van der Waals surface area contributed by atoms with E-state index < -0.39 is 0 Å². The first-order valence-corrected chi connectivity index (χ1v) is 8.80. The summed E-state index contributed by atoms with van der Waals surface area (Å²) in [6.07, 6.45) is 1.98. The molecular formula is C19H16N4OS. The molecule has 0 atom stereocenters. The summed E-state index contributed by atoms with van der Waals surface area (Å²) in [5.41, 5.74) is 4.61. The second-order valence-electron chi connectivity index (χ2n) is 5.88. The van der Waals surface area contributed by atoms with Gasteiger partial charge in [-0.25, -0.2) is 4.98 Å². The highest BCUT2D eigenvalue weighted by molar-refractivity contribution is 7.13. The lowest BCUT2D eigenvalue weighted by molar-refractivity contribution is -0.115. The molecule has 2 N–H and O–H groups in total. The van der Waals surface area contributed by atoms with Crippen LogP contribution in [0.5, 0.6) is 0 Å². The summed E-state index contributed by atoms with van der Waals surface area (Å²) in [6.45, 7) is 2.06. The van der Waals surface area contributed by atoms with Gasteiger partial charge in [-0.1, -0.05) is 35.9 Å². The Morgan fingerprint density at radius 3 is 3.00 bits per heavy atom. The van der Waals surface area contributed by atoms with E-state index in [4.69, 9.17) is 0 Å². The van der Waals surface area contributed by atoms with E-state index in [-0.39, 0.29) is 12.3 Å². The van der Waals surface area contributed by atoms with Crippen molar-refractivity contribution in [1.82, 2.24) is 15.2 Å². The maximum absolute atomic E-state index is 12.4. The van der Waals surface area contributed by atoms with Crippen molar-refractivity contribution in [3.63, 3.8) is 0 Å². The van der Waals surface area contributed by atoms with Crippen molar-refractivity contribution in [1.29, 1.82) is 0 Å². The molecule has 0 aliphatic heterocycles. The quantitative estimate of drug-likeness (QED) is 0.581. The SMILES string of the molecule is Cc1cccc(-c2nc(CC(=O)Nc3cccc4cn[nH]c34)cs2)c1. The van der Waals surface area contributed by atoms with Gasteiger partial charge in [0.2, 0.25) is 5.91 Å². The van der Waals surface area contributed by atoms with E-state index in [2.05, 4.69) is 39.6 Å². The Bertz CT molecular complexity index is 1050. The summed E-state index contributed by atoms with van der Waals surface area (Å²) in [7, 11) is 0. The number of nitrogens with zero attached hydrogens (tertiary/aromatic N) is 2. The minimum atomic E-state index is -0.0943. The van der Waals surface area contributed by atoms with Crippen LogP contribution in [0, 0.1) is 6.92 Å². The molecule has 0 saturated heterocycles. The number of carbonyl (C=O) groups is 1. The summed E-state index contributed by atoms with van der Waals surface area (Å²) in [5, 5.41) is 13.7. The molecule has 2 aromatic carbocycles. The van der Waals surface area contributed by atoms with Crippen LogP contribution in [0.15, 0.2) is 54.0 Å². The first kappa shape index (κ1) is 15.5. The number of amides is 1. The van der Waals surface area contributed by atoms with Crippen LogP contribution < -0.4 is 5.32 Å². The lowest BCUT2D eigenvalue weighted by Gasteiger charge is -2.05. The first-order chi connectivity index (χ1) is 12.2. The average molecular weight is 348 g/mol. The molecule has 0 aliphatic carbocycles. The first-order valence-electron chi connectivity index (χ1n) is 7.92. The number of thiazole rings is 1. The van der Waals surface area contributed by atoms with Crippen molar-refractivity contribution >= 4 is 33.8 Å². The van der Waals surface area contributed by atoms with Gasteiger partial charge in [0.25, 0.3) is 0 Å². The molecule has 0 spiro atoms. The normalized spacial score (nSPS) is 10.9. The van der Waals surface area contributed by atoms with E-state index in [0.717, 1.165) is 32.9 Å². The minimum Gasteiger partial charge on any atom is -0.324 e. The molecule has 0 bridgehead atoms. The Kier molecular flexibility index (Phi) is 4.03. The predicted octanol–water partition coefficient (Wildman–Crippen LogP) is 4.18. The zero-order valence-corrected chi connectivity index (χ0v) is 14.4. The molecule has 124 valence electrons. The van der Waals surface area contributed by atoms with Crippen LogP contribution >= 0.6 is 11.3 Å². The number of aromatic nitrogens is 3. The van der Waals surface area contributed by atoms with Gasteiger partial charge in [-0.2, -0.15) is 5.10 Å². The van der Waals surface area contributed by atoms with Crippen LogP contribution in [-0.2, 0) is 11.2 Å². The molecule has 6 heteroatoms. The van der Waals surface area contributed by atoms with Gasteiger partial charge >= 0.3 is 0 Å². The second-order valence-corrected chi connectivity index (χ2v) is 6.74. The van der Waals surface area contributed by atoms with Crippen LogP contribution in [0.2, 0.25) is 0 Å². The predicted molar refractivity (Wildman–Crippen MR) is 101 cm³/mol. The number of aryl methyl sites for hydroxylation is 1. The van der Waals surface area contributed by atoms with Crippen molar-refractivity contribution in [2.75, 3.05) is 5.32 Å². The summed E-state index contributed by atoms with van der Waals surface area (Å²) in [5.74, 6) is -0.0943. The Morgan fingerprint density at radius 1 is 1.24 bits per heavy atom. The van der Waals surface area contributed by atoms with Crippen LogP contribution in [-0.4, -0.2) is 21.1 Å². The highest BCUT2D eigenvalue weighted by Gasteiger charge is 2.11. The third kappa shape index (κ3) is 3.29. The highest BCUT2D eigenvalue weighted by atomic mass is 32.1. The van der Waals surface area contributed by atoms with Crippen molar-refractivity contribution in [2.45, 2.75) is 13.3 Å². The lowest BCUT2D eigenvalue weighted by atomic mass is 10.1. The van der Waals surface area contributed by atoms with Crippen LogP contribution in [0.1, 0.15) is 11.3 Å². The number of anilines is 1. The molecule has 4 aromatic rings. The van der Waals surface area contributed by atoms with Gasteiger partial charge in [0, 0.05) is 16.3 Å². The second kappa shape index (κ2) is 6.49. The summed E-state index contributed by atoms with van der Waals surface area (Å²) in [4.78, 5) is 17.0. The molecule has 25 heavy (non-hydrogen) atoms. The molecular weight excluding hydrogens is 332 g/mol. The molecule has 2 heterocycles. The monoisotopic (exact) mass is 348 g/mol. The Labute approximate surface area is 148 Å². The largest absolute Gasteiger partial charge is 0.324 e.